The van der Waals surface area contributed by atoms with E-state index < -0.39 is 8.07 Å². The predicted molar refractivity (Wildman–Crippen MR) is 119 cm³/mol. The number of phenolic OH excluding ortho intramolecular Hbond substituents is 1. The summed E-state index contributed by atoms with van der Waals surface area (Å²) in [7, 11) is -1.19. The van der Waals surface area contributed by atoms with Gasteiger partial charge in [0.25, 0.3) is 5.56 Å². The highest BCUT2D eigenvalue weighted by atomic mass is 35.5. The summed E-state index contributed by atoms with van der Waals surface area (Å²) in [6.07, 6.45) is 1.48. The first kappa shape index (κ1) is 21.5. The third-order valence-corrected chi connectivity index (χ3v) is 6.79. The number of phenols is 1. The summed E-state index contributed by atoms with van der Waals surface area (Å²) in [5.74, 6) is 0.157. The number of nitrogens with zero attached hydrogens (tertiary/aromatic N) is 3. The van der Waals surface area contributed by atoms with Gasteiger partial charge >= 0.3 is 0 Å². The van der Waals surface area contributed by atoms with E-state index in [-0.39, 0.29) is 23.2 Å². The normalized spacial score (nSPS) is 11.9. The Morgan fingerprint density at radius 2 is 1.97 bits per heavy atom. The van der Waals surface area contributed by atoms with Crippen LogP contribution < -0.4 is 5.56 Å². The number of hydrogen-bond acceptors (Lipinski definition) is 5. The summed E-state index contributed by atoms with van der Waals surface area (Å²) in [6.45, 7) is 11.3. The van der Waals surface area contributed by atoms with Crippen LogP contribution in [0.2, 0.25) is 30.8 Å². The lowest BCUT2D eigenvalue weighted by atomic mass is 9.97. The quantitative estimate of drug-likeness (QED) is 0.346. The van der Waals surface area contributed by atoms with Crippen LogP contribution in [0.25, 0.3) is 22.2 Å². The van der Waals surface area contributed by atoms with E-state index in [0.29, 0.717) is 28.8 Å². The van der Waals surface area contributed by atoms with Gasteiger partial charge in [-0.1, -0.05) is 37.3 Å². The molecule has 0 spiro atoms. The maximum absolute atomic E-state index is 13.0. The van der Waals surface area contributed by atoms with E-state index in [2.05, 4.69) is 29.6 Å². The Bertz CT molecular complexity index is 1120. The Kier molecular flexibility index (Phi) is 6.12. The van der Waals surface area contributed by atoms with E-state index >= 15 is 0 Å². The largest absolute Gasteiger partial charge is 0.508 e. The SMILES string of the molecule is Cc1ccc(O)c(C)c1-c1nc(Cl)cc2c(=O)n(COCC[Si](C)(C)C)cnc12. The fourth-order valence-electron chi connectivity index (χ4n) is 3.14. The zero-order valence-corrected chi connectivity index (χ0v) is 19.2. The molecule has 0 saturated heterocycles. The Labute approximate surface area is 176 Å². The number of hydrogen-bond donors (Lipinski definition) is 1. The second kappa shape index (κ2) is 8.26. The lowest BCUT2D eigenvalue weighted by Gasteiger charge is -2.16. The molecule has 0 fully saturated rings. The van der Waals surface area contributed by atoms with Crippen LogP contribution >= 0.6 is 11.6 Å². The van der Waals surface area contributed by atoms with Gasteiger partial charge in [-0.3, -0.25) is 9.36 Å². The van der Waals surface area contributed by atoms with Gasteiger partial charge in [-0.15, -0.1) is 0 Å². The number of aromatic nitrogens is 3. The highest BCUT2D eigenvalue weighted by Crippen LogP contribution is 2.35. The van der Waals surface area contributed by atoms with Gasteiger partial charge in [0.1, 0.15) is 29.5 Å². The van der Waals surface area contributed by atoms with Crippen molar-refractivity contribution in [1.29, 1.82) is 0 Å². The summed E-state index contributed by atoms with van der Waals surface area (Å²) >= 11 is 6.24. The molecule has 0 unspecified atom stereocenters. The molecule has 0 amide bonds. The van der Waals surface area contributed by atoms with Crippen molar-refractivity contribution >= 4 is 30.6 Å². The Hall–Kier alpha value is -2.22. The first-order valence-corrected chi connectivity index (χ1v) is 13.6. The molecule has 1 N–H and O–H groups in total. The minimum absolute atomic E-state index is 0.145. The number of halogens is 1. The summed E-state index contributed by atoms with van der Waals surface area (Å²) in [4.78, 5) is 21.9. The first-order valence-electron chi connectivity index (χ1n) is 9.51. The van der Waals surface area contributed by atoms with Crippen LogP contribution in [0.4, 0.5) is 0 Å². The smallest absolute Gasteiger partial charge is 0.263 e. The molecule has 154 valence electrons. The molecule has 3 rings (SSSR count). The molecular formula is C21H26ClN3O3Si. The Morgan fingerprint density at radius 1 is 1.24 bits per heavy atom. The standard InChI is InChI=1S/C21H26ClN3O3Si/c1-13-6-7-16(26)14(2)18(13)20-19-15(10-17(22)24-20)21(27)25(11-23-19)12-28-8-9-29(3,4)5/h6-7,10-11,26H,8-9,12H2,1-5H3. The van der Waals surface area contributed by atoms with E-state index in [9.17, 15) is 9.90 Å². The van der Waals surface area contributed by atoms with Gasteiger partial charge in [0.15, 0.2) is 0 Å². The maximum Gasteiger partial charge on any atom is 0.263 e. The molecule has 8 heteroatoms. The summed E-state index contributed by atoms with van der Waals surface area (Å²) < 4.78 is 7.14. The van der Waals surface area contributed by atoms with E-state index in [1.807, 2.05) is 6.92 Å². The van der Waals surface area contributed by atoms with Gasteiger partial charge < -0.3 is 9.84 Å². The van der Waals surface area contributed by atoms with Crippen molar-refractivity contribution in [2.45, 2.75) is 46.3 Å². The number of ether oxygens (including phenoxy) is 1. The fraction of sp³-hybridized carbons (Fsp3) is 0.381. The van der Waals surface area contributed by atoms with Crippen molar-refractivity contribution in [2.24, 2.45) is 0 Å². The van der Waals surface area contributed by atoms with Crippen molar-refractivity contribution in [2.75, 3.05) is 6.61 Å². The second-order valence-corrected chi connectivity index (χ2v) is 14.5. The number of rotatable bonds is 6. The number of aromatic hydroxyl groups is 1. The maximum atomic E-state index is 13.0. The number of benzene rings is 1. The lowest BCUT2D eigenvalue weighted by Crippen LogP contribution is -2.25. The fourth-order valence-corrected chi connectivity index (χ4v) is 4.09. The highest BCUT2D eigenvalue weighted by Gasteiger charge is 2.18. The van der Waals surface area contributed by atoms with Gasteiger partial charge in [0.2, 0.25) is 0 Å². The van der Waals surface area contributed by atoms with Crippen LogP contribution in [0.5, 0.6) is 5.75 Å². The van der Waals surface area contributed by atoms with Crippen LogP contribution in [-0.2, 0) is 11.5 Å². The second-order valence-electron chi connectivity index (χ2n) is 8.46. The van der Waals surface area contributed by atoms with Crippen molar-refractivity contribution in [3.05, 3.63) is 51.2 Å². The van der Waals surface area contributed by atoms with E-state index in [1.54, 1.807) is 19.1 Å². The molecule has 29 heavy (non-hydrogen) atoms. The zero-order valence-electron chi connectivity index (χ0n) is 17.4. The minimum atomic E-state index is -1.19. The molecule has 0 atom stereocenters. The molecule has 0 aliphatic heterocycles. The van der Waals surface area contributed by atoms with Crippen molar-refractivity contribution in [1.82, 2.24) is 14.5 Å². The van der Waals surface area contributed by atoms with Crippen LogP contribution in [0.15, 0.2) is 29.3 Å². The van der Waals surface area contributed by atoms with Crippen molar-refractivity contribution in [3.63, 3.8) is 0 Å². The average Bonchev–Trinajstić information content (AvgIpc) is 2.63. The average molecular weight is 432 g/mol. The summed E-state index contributed by atoms with van der Waals surface area (Å²) in [5.41, 5.74) is 3.02. The highest BCUT2D eigenvalue weighted by molar-refractivity contribution is 6.76. The van der Waals surface area contributed by atoms with Crippen LogP contribution in [0.3, 0.4) is 0 Å². The topological polar surface area (TPSA) is 77.2 Å². The van der Waals surface area contributed by atoms with E-state index in [0.717, 1.165) is 17.2 Å². The molecule has 0 bridgehead atoms. The Balaban J connectivity index is 2.05. The Morgan fingerprint density at radius 3 is 2.66 bits per heavy atom. The number of pyridine rings is 1. The molecule has 0 saturated carbocycles. The number of aryl methyl sites for hydroxylation is 1. The van der Waals surface area contributed by atoms with E-state index in [4.69, 9.17) is 16.3 Å². The zero-order chi connectivity index (χ0) is 21.3. The lowest BCUT2D eigenvalue weighted by molar-refractivity contribution is 0.0844. The molecule has 0 aliphatic carbocycles. The van der Waals surface area contributed by atoms with Crippen LogP contribution in [0, 0.1) is 13.8 Å². The molecule has 2 heterocycles. The third kappa shape index (κ3) is 4.68. The van der Waals surface area contributed by atoms with Gasteiger partial charge in [-0.25, -0.2) is 9.97 Å². The minimum Gasteiger partial charge on any atom is -0.508 e. The van der Waals surface area contributed by atoms with Crippen molar-refractivity contribution < 1.29 is 9.84 Å². The van der Waals surface area contributed by atoms with Gasteiger partial charge in [0, 0.05) is 25.8 Å². The predicted octanol–water partition coefficient (Wildman–Crippen LogP) is 4.75. The molecule has 6 nitrogen and oxygen atoms in total. The molecule has 1 aromatic carbocycles. The molecule has 0 aliphatic rings. The number of fused-ring (bicyclic) bond motifs is 1. The first-order chi connectivity index (χ1) is 13.6. The van der Waals surface area contributed by atoms with Gasteiger partial charge in [-0.05, 0) is 37.6 Å². The molecule has 0 radical (unpaired) electrons. The van der Waals surface area contributed by atoms with Crippen LogP contribution in [-0.4, -0.2) is 34.3 Å². The molecule has 2 aromatic heterocycles. The van der Waals surface area contributed by atoms with Gasteiger partial charge in [-0.2, -0.15) is 0 Å². The van der Waals surface area contributed by atoms with E-state index in [1.165, 1.54) is 17.0 Å². The molecule has 3 aromatic rings. The third-order valence-electron chi connectivity index (χ3n) is 4.89. The van der Waals surface area contributed by atoms with Crippen molar-refractivity contribution in [3.8, 4) is 17.0 Å². The monoisotopic (exact) mass is 431 g/mol. The summed E-state index contributed by atoms with van der Waals surface area (Å²) in [6, 6.07) is 6.00. The van der Waals surface area contributed by atoms with Gasteiger partial charge in [0.05, 0.1) is 11.1 Å². The molecular weight excluding hydrogens is 406 g/mol. The summed E-state index contributed by atoms with van der Waals surface area (Å²) in [5, 5.41) is 10.7. The van der Waals surface area contributed by atoms with Crippen LogP contribution in [0.1, 0.15) is 11.1 Å².